The Bertz CT molecular complexity index is 1390. The van der Waals surface area contributed by atoms with Crippen LogP contribution in [0.4, 0.5) is 0 Å². The number of ether oxygens (including phenoxy) is 1. The summed E-state index contributed by atoms with van der Waals surface area (Å²) in [6.45, 7) is 2.05. The summed E-state index contributed by atoms with van der Waals surface area (Å²) in [6, 6.07) is 12.6. The number of sulfonamides is 1. The highest BCUT2D eigenvalue weighted by atomic mass is 35.5. The monoisotopic (exact) mass is 619 g/mol. The van der Waals surface area contributed by atoms with Crippen molar-refractivity contribution in [2.75, 3.05) is 26.7 Å². The minimum atomic E-state index is -3.92. The van der Waals surface area contributed by atoms with Gasteiger partial charge >= 0.3 is 0 Å². The van der Waals surface area contributed by atoms with Gasteiger partial charge in [0.15, 0.2) is 0 Å². The maximum Gasteiger partial charge on any atom is 0.247 e. The van der Waals surface area contributed by atoms with Crippen LogP contribution < -0.4 is 20.7 Å². The fraction of sp³-hybridized carbons (Fsp3) is 0.483. The zero-order valence-corrected chi connectivity index (χ0v) is 25.3. The molecule has 0 spiro atoms. The molecule has 2 aromatic carbocycles. The average Bonchev–Trinajstić information content (AvgIpc) is 3.41. The second kappa shape index (κ2) is 13.4. The molecule has 0 unspecified atom stereocenters. The van der Waals surface area contributed by atoms with Crippen molar-refractivity contribution in [3.05, 3.63) is 60.2 Å². The van der Waals surface area contributed by atoms with Crippen LogP contribution >= 0.6 is 12.4 Å². The summed E-state index contributed by atoms with van der Waals surface area (Å²) < 4.78 is 34.1. The van der Waals surface area contributed by atoms with E-state index in [1.807, 2.05) is 24.3 Å². The van der Waals surface area contributed by atoms with E-state index >= 15 is 0 Å². The van der Waals surface area contributed by atoms with Crippen LogP contribution in [0.5, 0.6) is 5.75 Å². The normalized spacial score (nSPS) is 25.0. The first-order chi connectivity index (χ1) is 19.7. The number of hydrogen-bond acceptors (Lipinski definition) is 7. The summed E-state index contributed by atoms with van der Waals surface area (Å²) in [7, 11) is -2.29. The molecule has 13 heteroatoms. The van der Waals surface area contributed by atoms with Crippen LogP contribution in [0.25, 0.3) is 0 Å². The Morgan fingerprint density at radius 2 is 1.67 bits per heavy atom. The Labute approximate surface area is 252 Å². The molecule has 3 aliphatic rings. The van der Waals surface area contributed by atoms with Gasteiger partial charge < -0.3 is 25.6 Å². The van der Waals surface area contributed by atoms with Gasteiger partial charge in [0, 0.05) is 31.1 Å². The van der Waals surface area contributed by atoms with E-state index < -0.39 is 40.0 Å². The number of benzene rings is 2. The topological polar surface area (TPSA) is 137 Å². The summed E-state index contributed by atoms with van der Waals surface area (Å²) in [5, 5.41) is 8.74. The van der Waals surface area contributed by atoms with E-state index in [4.69, 9.17) is 4.74 Å². The Balaban J connectivity index is 0.00000405. The Morgan fingerprint density at radius 1 is 0.952 bits per heavy atom. The lowest BCUT2D eigenvalue weighted by molar-refractivity contribution is -0.144. The molecule has 5 rings (SSSR count). The molecule has 0 saturated carbocycles. The number of amides is 3. The van der Waals surface area contributed by atoms with E-state index in [1.54, 1.807) is 37.1 Å². The molecule has 42 heavy (non-hydrogen) atoms. The lowest BCUT2D eigenvalue weighted by atomic mass is 10.00. The van der Waals surface area contributed by atoms with E-state index in [1.165, 1.54) is 16.4 Å². The highest BCUT2D eigenvalue weighted by Gasteiger charge is 2.47. The van der Waals surface area contributed by atoms with Crippen molar-refractivity contribution < 1.29 is 27.5 Å². The number of rotatable bonds is 7. The van der Waals surface area contributed by atoms with E-state index in [2.05, 4.69) is 16.0 Å². The molecule has 3 N–H and O–H groups in total. The molecule has 228 valence electrons. The fourth-order valence-electron chi connectivity index (χ4n) is 5.86. The molecule has 0 aromatic heterocycles. The van der Waals surface area contributed by atoms with Crippen LogP contribution in [-0.2, 0) is 24.4 Å². The first kappa shape index (κ1) is 31.7. The van der Waals surface area contributed by atoms with Gasteiger partial charge in [-0.05, 0) is 51.4 Å². The fourth-order valence-corrected chi connectivity index (χ4v) is 7.35. The number of carbonyl (C=O) groups is 3. The second-order valence-corrected chi connectivity index (χ2v) is 12.7. The molecule has 2 aromatic rings. The Kier molecular flexibility index (Phi) is 10.1. The number of likely N-dealkylation sites (N-methyl/N-ethyl adjacent to an activating group) is 1. The van der Waals surface area contributed by atoms with Gasteiger partial charge in [-0.25, -0.2) is 8.42 Å². The highest BCUT2D eigenvalue weighted by Crippen LogP contribution is 2.34. The predicted molar refractivity (Wildman–Crippen MR) is 159 cm³/mol. The number of nitrogens with zero attached hydrogens (tertiary/aromatic N) is 2. The summed E-state index contributed by atoms with van der Waals surface area (Å²) in [4.78, 5) is 42.4. The van der Waals surface area contributed by atoms with Gasteiger partial charge in [-0.3, -0.25) is 14.4 Å². The number of halogens is 1. The molecule has 0 radical (unpaired) electrons. The summed E-state index contributed by atoms with van der Waals surface area (Å²) >= 11 is 0. The zero-order chi connectivity index (χ0) is 29.1. The van der Waals surface area contributed by atoms with Gasteiger partial charge in [0.25, 0.3) is 0 Å². The molecular formula is C29H38ClN5O6S. The third kappa shape index (κ3) is 6.41. The Hall–Kier alpha value is -3.19. The van der Waals surface area contributed by atoms with Gasteiger partial charge in [-0.2, -0.15) is 4.31 Å². The van der Waals surface area contributed by atoms with Crippen LogP contribution in [0.1, 0.15) is 44.2 Å². The van der Waals surface area contributed by atoms with Crippen molar-refractivity contribution >= 4 is 40.2 Å². The number of fused-ring (bicyclic) bond motifs is 2. The van der Waals surface area contributed by atoms with Crippen molar-refractivity contribution in [1.82, 2.24) is 25.2 Å². The van der Waals surface area contributed by atoms with Gasteiger partial charge in [-0.1, -0.05) is 36.4 Å². The van der Waals surface area contributed by atoms with Crippen LogP contribution in [0.2, 0.25) is 0 Å². The second-order valence-electron chi connectivity index (χ2n) is 10.8. The summed E-state index contributed by atoms with van der Waals surface area (Å²) in [6.07, 6.45) is 2.00. The van der Waals surface area contributed by atoms with Crippen molar-refractivity contribution in [1.29, 1.82) is 0 Å². The quantitative estimate of drug-likeness (QED) is 0.428. The van der Waals surface area contributed by atoms with Crippen LogP contribution in [0.15, 0.2) is 59.5 Å². The average molecular weight is 620 g/mol. The van der Waals surface area contributed by atoms with Crippen LogP contribution in [0, 0.1) is 0 Å². The molecule has 2 saturated heterocycles. The van der Waals surface area contributed by atoms with Gasteiger partial charge in [0.1, 0.15) is 17.8 Å². The number of nitrogens with one attached hydrogen (secondary N) is 3. The standard InChI is InChI=1S/C29H37N5O6S.ClH/c1-19(30-2)27(35)32-24-18-33(41(38,39)21-8-4-3-5-9-21)16-14-20-12-13-25(34(20)29(24)37)28(36)31-23-15-17-40-26-11-7-6-10-22(23)26;/h3-11,19-20,23-25,30H,12-18H2,1-2H3,(H,31,36)(H,32,35);1H/t19-,20+,23+,24-,25-;/m0./s1. The molecule has 3 heterocycles. The molecule has 2 fully saturated rings. The maximum atomic E-state index is 14.1. The van der Waals surface area contributed by atoms with Gasteiger partial charge in [0.05, 0.1) is 23.6 Å². The van der Waals surface area contributed by atoms with E-state index in [0.717, 1.165) is 11.3 Å². The molecule has 5 atom stereocenters. The minimum Gasteiger partial charge on any atom is -0.493 e. The van der Waals surface area contributed by atoms with Crippen LogP contribution in [-0.4, -0.2) is 86.3 Å². The van der Waals surface area contributed by atoms with Crippen molar-refractivity contribution in [3.63, 3.8) is 0 Å². The molecule has 3 aliphatic heterocycles. The number of para-hydroxylation sites is 1. The first-order valence-corrected chi connectivity index (χ1v) is 15.5. The van der Waals surface area contributed by atoms with Gasteiger partial charge in [0.2, 0.25) is 27.7 Å². The largest absolute Gasteiger partial charge is 0.493 e. The van der Waals surface area contributed by atoms with Crippen molar-refractivity contribution in [2.45, 2.75) is 67.7 Å². The third-order valence-corrected chi connectivity index (χ3v) is 10.1. The van der Waals surface area contributed by atoms with Crippen molar-refractivity contribution in [2.24, 2.45) is 0 Å². The zero-order valence-electron chi connectivity index (χ0n) is 23.7. The lowest BCUT2D eigenvalue weighted by Crippen LogP contribution is -2.62. The molecule has 0 aliphatic carbocycles. The third-order valence-electron chi connectivity index (χ3n) is 8.25. The summed E-state index contributed by atoms with van der Waals surface area (Å²) in [5.41, 5.74) is 0.897. The molecule has 3 amide bonds. The first-order valence-electron chi connectivity index (χ1n) is 14.1. The maximum absolute atomic E-state index is 14.1. The molecule has 11 nitrogen and oxygen atoms in total. The highest BCUT2D eigenvalue weighted by molar-refractivity contribution is 7.89. The summed E-state index contributed by atoms with van der Waals surface area (Å²) in [5.74, 6) is -0.411. The Morgan fingerprint density at radius 3 is 2.40 bits per heavy atom. The lowest BCUT2D eigenvalue weighted by Gasteiger charge is -2.39. The number of hydrogen-bond donors (Lipinski definition) is 3. The SMILES string of the molecule is CN[C@@H](C)C(=O)N[C@H]1CN(S(=O)(=O)c2ccccc2)CC[C@H]2CC[C@@H](C(=O)N[C@@H]3CCOc4ccccc43)N2C1=O.Cl. The van der Waals surface area contributed by atoms with Crippen LogP contribution in [0.3, 0.4) is 0 Å². The van der Waals surface area contributed by atoms with Gasteiger partial charge in [-0.15, -0.1) is 12.4 Å². The minimum absolute atomic E-state index is 0. The molecular weight excluding hydrogens is 582 g/mol. The molecule has 0 bridgehead atoms. The van der Waals surface area contributed by atoms with E-state index in [9.17, 15) is 22.8 Å². The van der Waals surface area contributed by atoms with E-state index in [-0.39, 0.29) is 48.4 Å². The van der Waals surface area contributed by atoms with Crippen molar-refractivity contribution in [3.8, 4) is 5.75 Å². The number of carbonyl (C=O) groups excluding carboxylic acids is 3. The smallest absolute Gasteiger partial charge is 0.247 e. The van der Waals surface area contributed by atoms with E-state index in [0.29, 0.717) is 32.3 Å². The predicted octanol–water partition coefficient (Wildman–Crippen LogP) is 1.60.